The van der Waals surface area contributed by atoms with Crippen LogP contribution in [0.15, 0.2) is 36.4 Å². The monoisotopic (exact) mass is 384 g/mol. The van der Waals surface area contributed by atoms with Gasteiger partial charge in [0.1, 0.15) is 0 Å². The molecule has 0 fully saturated rings. The number of nitriles is 1. The highest BCUT2D eigenvalue weighted by Gasteiger charge is 2.25. The molecule has 0 aliphatic heterocycles. The molecule has 0 spiro atoms. The third-order valence-corrected chi connectivity index (χ3v) is 4.14. The second-order valence-corrected chi connectivity index (χ2v) is 5.90. The maximum absolute atomic E-state index is 12.0. The number of aryl methyl sites for hydroxylation is 1. The Morgan fingerprint density at radius 3 is 2.21 bits per heavy atom. The summed E-state index contributed by atoms with van der Waals surface area (Å²) < 4.78 is 10.5. The van der Waals surface area contributed by atoms with Gasteiger partial charge in [-0.3, -0.25) is 4.79 Å². The van der Waals surface area contributed by atoms with Crippen LogP contribution in [-0.4, -0.2) is 36.4 Å². The summed E-state index contributed by atoms with van der Waals surface area (Å²) in [4.78, 5) is 23.0. The van der Waals surface area contributed by atoms with Crippen LogP contribution in [0.5, 0.6) is 11.5 Å². The molecule has 8 heteroatoms. The Hall–Kier alpha value is -3.73. The highest BCUT2D eigenvalue weighted by atomic mass is 16.5. The average molecular weight is 384 g/mol. The number of hydrogen-bond donors (Lipinski definition) is 3. The quantitative estimate of drug-likeness (QED) is 0.602. The van der Waals surface area contributed by atoms with Crippen molar-refractivity contribution in [2.24, 2.45) is 0 Å². The maximum atomic E-state index is 12.0. The number of aliphatic carboxylic acids is 2. The van der Waals surface area contributed by atoms with E-state index in [9.17, 15) is 14.7 Å². The highest BCUT2D eigenvalue weighted by Crippen LogP contribution is 2.35. The minimum Gasteiger partial charge on any atom is -0.493 e. The zero-order valence-corrected chi connectivity index (χ0v) is 15.4. The first-order chi connectivity index (χ1) is 13.4. The van der Waals surface area contributed by atoms with Gasteiger partial charge in [-0.2, -0.15) is 5.26 Å². The number of methoxy groups -OCH3 is 2. The summed E-state index contributed by atoms with van der Waals surface area (Å²) in [5.41, 5.74) is 1.85. The standard InChI is InChI=1S/C20H20N2O6/c1-27-16-9-13(5-8-18(23)24)15(10-17(16)28-2)19(20(25)26)22-14-6-3-12(11-21)4-7-14/h3-4,6-7,9-10,19,22H,5,8H2,1-2H3,(H,23,24)(H,25,26). The van der Waals surface area contributed by atoms with Crippen molar-refractivity contribution in [3.63, 3.8) is 0 Å². The zero-order chi connectivity index (χ0) is 20.7. The summed E-state index contributed by atoms with van der Waals surface area (Å²) >= 11 is 0. The molecule has 1 atom stereocenters. The molecule has 0 radical (unpaired) electrons. The Morgan fingerprint density at radius 1 is 1.11 bits per heavy atom. The lowest BCUT2D eigenvalue weighted by Crippen LogP contribution is -2.22. The largest absolute Gasteiger partial charge is 0.493 e. The van der Waals surface area contributed by atoms with Gasteiger partial charge in [-0.25, -0.2) is 4.79 Å². The fraction of sp³-hybridized carbons (Fsp3) is 0.250. The van der Waals surface area contributed by atoms with Gasteiger partial charge in [-0.1, -0.05) is 0 Å². The topological polar surface area (TPSA) is 129 Å². The number of benzene rings is 2. The van der Waals surface area contributed by atoms with Crippen LogP contribution in [0.2, 0.25) is 0 Å². The number of rotatable bonds is 9. The first-order valence-corrected chi connectivity index (χ1v) is 8.35. The van der Waals surface area contributed by atoms with Crippen LogP contribution in [0, 0.1) is 11.3 Å². The fourth-order valence-electron chi connectivity index (χ4n) is 2.74. The van der Waals surface area contributed by atoms with Crippen molar-refractivity contribution >= 4 is 17.6 Å². The molecule has 0 aliphatic carbocycles. The second-order valence-electron chi connectivity index (χ2n) is 5.90. The molecular weight excluding hydrogens is 364 g/mol. The molecule has 0 bridgehead atoms. The summed E-state index contributed by atoms with van der Waals surface area (Å²) in [6.45, 7) is 0. The molecule has 1 unspecified atom stereocenters. The lowest BCUT2D eigenvalue weighted by molar-refractivity contribution is -0.138. The van der Waals surface area contributed by atoms with Crippen molar-refractivity contribution in [1.29, 1.82) is 5.26 Å². The van der Waals surface area contributed by atoms with Crippen LogP contribution in [0.4, 0.5) is 5.69 Å². The second kappa shape index (κ2) is 9.28. The number of nitrogens with zero attached hydrogens (tertiary/aromatic N) is 1. The molecule has 2 rings (SSSR count). The van der Waals surface area contributed by atoms with E-state index in [2.05, 4.69) is 5.32 Å². The van der Waals surface area contributed by atoms with Gasteiger partial charge in [0, 0.05) is 12.1 Å². The predicted octanol–water partition coefficient (Wildman–Crippen LogP) is 2.83. The van der Waals surface area contributed by atoms with Gasteiger partial charge in [0.25, 0.3) is 0 Å². The third kappa shape index (κ3) is 4.92. The van der Waals surface area contributed by atoms with Crippen LogP contribution in [0.25, 0.3) is 0 Å². The number of carboxylic acid groups (broad SMARTS) is 2. The Kier molecular flexibility index (Phi) is 6.82. The summed E-state index contributed by atoms with van der Waals surface area (Å²) in [5.74, 6) is -1.42. The summed E-state index contributed by atoms with van der Waals surface area (Å²) in [6, 6.07) is 10.3. The van der Waals surface area contributed by atoms with Gasteiger partial charge < -0.3 is 25.0 Å². The summed E-state index contributed by atoms with van der Waals surface area (Å²) in [7, 11) is 2.88. The molecule has 3 N–H and O–H groups in total. The summed E-state index contributed by atoms with van der Waals surface area (Å²) in [5, 5.41) is 30.6. The normalized spacial score (nSPS) is 11.2. The predicted molar refractivity (Wildman–Crippen MR) is 101 cm³/mol. The molecule has 0 aromatic heterocycles. The summed E-state index contributed by atoms with van der Waals surface area (Å²) in [6.07, 6.45) is -0.0322. The van der Waals surface area contributed by atoms with E-state index >= 15 is 0 Å². The SMILES string of the molecule is COc1cc(CCC(=O)O)c(C(Nc2ccc(C#N)cc2)C(=O)O)cc1OC. The Morgan fingerprint density at radius 2 is 1.71 bits per heavy atom. The van der Waals surface area contributed by atoms with Crippen LogP contribution in [-0.2, 0) is 16.0 Å². The molecule has 0 amide bonds. The Bertz CT molecular complexity index is 902. The van der Waals surface area contributed by atoms with E-state index in [1.165, 1.54) is 20.3 Å². The number of nitrogens with one attached hydrogen (secondary N) is 1. The lowest BCUT2D eigenvalue weighted by Gasteiger charge is -2.21. The van der Waals surface area contributed by atoms with Crippen LogP contribution < -0.4 is 14.8 Å². The van der Waals surface area contributed by atoms with Gasteiger partial charge in [0.15, 0.2) is 17.5 Å². The van der Waals surface area contributed by atoms with Crippen molar-refractivity contribution in [3.8, 4) is 17.6 Å². The highest BCUT2D eigenvalue weighted by molar-refractivity contribution is 5.80. The molecule has 146 valence electrons. The van der Waals surface area contributed by atoms with Gasteiger partial charge in [0.05, 0.1) is 25.9 Å². The van der Waals surface area contributed by atoms with E-state index < -0.39 is 18.0 Å². The number of hydrogen-bond acceptors (Lipinski definition) is 6. The number of carbonyl (C=O) groups is 2. The van der Waals surface area contributed by atoms with E-state index in [-0.39, 0.29) is 12.8 Å². The van der Waals surface area contributed by atoms with Gasteiger partial charge in [-0.15, -0.1) is 0 Å². The molecule has 28 heavy (non-hydrogen) atoms. The van der Waals surface area contributed by atoms with Crippen LogP contribution in [0.1, 0.15) is 29.2 Å². The van der Waals surface area contributed by atoms with Gasteiger partial charge in [-0.05, 0) is 53.9 Å². The smallest absolute Gasteiger partial charge is 0.330 e. The number of anilines is 1. The molecule has 0 aliphatic rings. The maximum Gasteiger partial charge on any atom is 0.330 e. The number of carboxylic acids is 2. The van der Waals surface area contributed by atoms with Crippen molar-refractivity contribution < 1.29 is 29.3 Å². The molecule has 0 heterocycles. The zero-order valence-electron chi connectivity index (χ0n) is 15.4. The van der Waals surface area contributed by atoms with Crippen LogP contribution >= 0.6 is 0 Å². The molecular formula is C20H20N2O6. The van der Waals surface area contributed by atoms with Crippen molar-refractivity contribution in [2.75, 3.05) is 19.5 Å². The van der Waals surface area contributed by atoms with Crippen molar-refractivity contribution in [1.82, 2.24) is 0 Å². The van der Waals surface area contributed by atoms with Crippen LogP contribution in [0.3, 0.4) is 0 Å². The van der Waals surface area contributed by atoms with Crippen molar-refractivity contribution in [3.05, 3.63) is 53.1 Å². The Labute approximate surface area is 161 Å². The van der Waals surface area contributed by atoms with Crippen molar-refractivity contribution in [2.45, 2.75) is 18.9 Å². The minimum atomic E-state index is -1.16. The molecule has 8 nitrogen and oxygen atoms in total. The fourth-order valence-corrected chi connectivity index (χ4v) is 2.74. The number of ether oxygens (including phenoxy) is 2. The lowest BCUT2D eigenvalue weighted by atomic mass is 9.95. The van der Waals surface area contributed by atoms with Gasteiger partial charge in [0.2, 0.25) is 0 Å². The van der Waals surface area contributed by atoms with E-state index in [1.54, 1.807) is 30.3 Å². The first kappa shape index (κ1) is 20.6. The third-order valence-electron chi connectivity index (χ3n) is 4.14. The average Bonchev–Trinajstić information content (AvgIpc) is 2.70. The Balaban J connectivity index is 2.48. The first-order valence-electron chi connectivity index (χ1n) is 8.35. The molecule has 0 saturated heterocycles. The minimum absolute atomic E-state index is 0.129. The van der Waals surface area contributed by atoms with Gasteiger partial charge >= 0.3 is 11.9 Å². The van der Waals surface area contributed by atoms with E-state index in [0.29, 0.717) is 33.9 Å². The van der Waals surface area contributed by atoms with E-state index in [4.69, 9.17) is 19.8 Å². The molecule has 2 aromatic carbocycles. The molecule has 0 saturated carbocycles. The van der Waals surface area contributed by atoms with E-state index in [0.717, 1.165) is 0 Å². The molecule has 2 aromatic rings. The van der Waals surface area contributed by atoms with E-state index in [1.807, 2.05) is 6.07 Å².